The van der Waals surface area contributed by atoms with Crippen LogP contribution in [0.3, 0.4) is 0 Å². The van der Waals surface area contributed by atoms with Crippen molar-refractivity contribution in [2.75, 3.05) is 58.2 Å². The fourth-order valence-corrected chi connectivity index (χ4v) is 6.12. The average Bonchev–Trinajstić information content (AvgIpc) is 3.43. The molecule has 0 aromatic heterocycles. The van der Waals surface area contributed by atoms with Gasteiger partial charge in [-0.1, -0.05) is 19.3 Å². The SMILES string of the molecule is COc1ccc(NC(=O)N2CCN(C(C(=O)NCCCN3CCCCC3C)C3CCCC3)CC2)cc1. The molecule has 3 aliphatic rings. The number of benzene rings is 1. The van der Waals surface area contributed by atoms with Gasteiger partial charge in [0.1, 0.15) is 5.75 Å². The Morgan fingerprint density at radius 2 is 1.67 bits per heavy atom. The zero-order chi connectivity index (χ0) is 25.3. The van der Waals surface area contributed by atoms with E-state index in [4.69, 9.17) is 4.74 Å². The number of nitrogens with zero attached hydrogens (tertiary/aromatic N) is 3. The summed E-state index contributed by atoms with van der Waals surface area (Å²) in [5.74, 6) is 1.37. The highest BCUT2D eigenvalue weighted by molar-refractivity contribution is 5.89. The van der Waals surface area contributed by atoms with Crippen LogP contribution in [0.4, 0.5) is 10.5 Å². The van der Waals surface area contributed by atoms with Crippen LogP contribution in [0.15, 0.2) is 24.3 Å². The van der Waals surface area contributed by atoms with Crippen molar-refractivity contribution >= 4 is 17.6 Å². The lowest BCUT2D eigenvalue weighted by molar-refractivity contribution is -0.129. The number of hydrogen-bond acceptors (Lipinski definition) is 5. The molecule has 8 heteroatoms. The summed E-state index contributed by atoms with van der Waals surface area (Å²) in [5.41, 5.74) is 0.755. The first kappa shape index (κ1) is 26.7. The van der Waals surface area contributed by atoms with Crippen LogP contribution < -0.4 is 15.4 Å². The van der Waals surface area contributed by atoms with Gasteiger partial charge in [0.05, 0.1) is 13.2 Å². The molecular weight excluding hydrogens is 454 g/mol. The Hall–Kier alpha value is -2.32. The van der Waals surface area contributed by atoms with E-state index in [1.807, 2.05) is 29.2 Å². The quantitative estimate of drug-likeness (QED) is 0.506. The van der Waals surface area contributed by atoms with Crippen molar-refractivity contribution in [1.29, 1.82) is 0 Å². The minimum absolute atomic E-state index is 0.0757. The molecule has 2 saturated heterocycles. The predicted octanol–water partition coefficient (Wildman–Crippen LogP) is 3.78. The number of nitrogens with one attached hydrogen (secondary N) is 2. The molecule has 1 aromatic rings. The largest absolute Gasteiger partial charge is 0.497 e. The van der Waals surface area contributed by atoms with Gasteiger partial charge in [0, 0.05) is 51.0 Å². The van der Waals surface area contributed by atoms with Crippen LogP contribution in [0.2, 0.25) is 0 Å². The fraction of sp³-hybridized carbons (Fsp3) is 0.714. The van der Waals surface area contributed by atoms with Gasteiger partial charge in [-0.05, 0) is 75.8 Å². The first-order valence-electron chi connectivity index (χ1n) is 14.0. The first-order chi connectivity index (χ1) is 17.5. The first-order valence-corrected chi connectivity index (χ1v) is 14.0. The number of carbonyl (C=O) groups is 2. The number of piperidine rings is 1. The number of piperazine rings is 1. The van der Waals surface area contributed by atoms with Gasteiger partial charge in [0.2, 0.25) is 5.91 Å². The van der Waals surface area contributed by atoms with E-state index < -0.39 is 0 Å². The highest BCUT2D eigenvalue weighted by Crippen LogP contribution is 2.31. The lowest BCUT2D eigenvalue weighted by Gasteiger charge is -2.40. The monoisotopic (exact) mass is 499 g/mol. The molecular formula is C28H45N5O3. The van der Waals surface area contributed by atoms with E-state index in [2.05, 4.69) is 27.4 Å². The molecule has 0 bridgehead atoms. The summed E-state index contributed by atoms with van der Waals surface area (Å²) in [6.07, 6.45) is 9.62. The lowest BCUT2D eigenvalue weighted by Crippen LogP contribution is -2.58. The molecule has 3 fully saturated rings. The Labute approximate surface area is 216 Å². The number of anilines is 1. The number of methoxy groups -OCH3 is 1. The third-order valence-electron chi connectivity index (χ3n) is 8.31. The summed E-state index contributed by atoms with van der Waals surface area (Å²) in [4.78, 5) is 32.9. The van der Waals surface area contributed by atoms with Crippen molar-refractivity contribution in [3.63, 3.8) is 0 Å². The molecule has 2 heterocycles. The summed E-state index contributed by atoms with van der Waals surface area (Å²) in [7, 11) is 1.63. The van der Waals surface area contributed by atoms with Gasteiger partial charge in [-0.15, -0.1) is 0 Å². The predicted molar refractivity (Wildman–Crippen MR) is 143 cm³/mol. The van der Waals surface area contributed by atoms with Crippen molar-refractivity contribution in [3.05, 3.63) is 24.3 Å². The van der Waals surface area contributed by atoms with Crippen LogP contribution in [-0.2, 0) is 4.79 Å². The topological polar surface area (TPSA) is 77.1 Å². The molecule has 0 spiro atoms. The second-order valence-electron chi connectivity index (χ2n) is 10.7. The normalized spacial score (nSPS) is 22.8. The molecule has 0 radical (unpaired) electrons. The number of carbonyl (C=O) groups excluding carboxylic acids is 2. The number of ether oxygens (including phenoxy) is 1. The van der Waals surface area contributed by atoms with Gasteiger partial charge in [0.15, 0.2) is 0 Å². The van der Waals surface area contributed by atoms with Crippen molar-refractivity contribution in [2.45, 2.75) is 70.4 Å². The van der Waals surface area contributed by atoms with Crippen LogP contribution >= 0.6 is 0 Å². The van der Waals surface area contributed by atoms with Gasteiger partial charge < -0.3 is 25.2 Å². The summed E-state index contributed by atoms with van der Waals surface area (Å²) >= 11 is 0. The molecule has 8 nitrogen and oxygen atoms in total. The minimum atomic E-state index is -0.0892. The fourth-order valence-electron chi connectivity index (χ4n) is 6.12. The Kier molecular flexibility index (Phi) is 9.87. The Morgan fingerprint density at radius 1 is 0.972 bits per heavy atom. The second kappa shape index (κ2) is 13.3. The molecule has 2 atom stereocenters. The summed E-state index contributed by atoms with van der Waals surface area (Å²) < 4.78 is 5.19. The van der Waals surface area contributed by atoms with Gasteiger partial charge in [-0.3, -0.25) is 9.69 Å². The zero-order valence-corrected chi connectivity index (χ0v) is 22.2. The van der Waals surface area contributed by atoms with E-state index in [9.17, 15) is 9.59 Å². The van der Waals surface area contributed by atoms with Crippen LogP contribution in [-0.4, -0.2) is 91.6 Å². The maximum Gasteiger partial charge on any atom is 0.321 e. The highest BCUT2D eigenvalue weighted by atomic mass is 16.5. The number of urea groups is 1. The molecule has 1 aliphatic carbocycles. The smallest absolute Gasteiger partial charge is 0.321 e. The molecule has 2 aliphatic heterocycles. The van der Waals surface area contributed by atoms with Crippen molar-refractivity contribution in [3.8, 4) is 5.75 Å². The maximum atomic E-state index is 13.4. The van der Waals surface area contributed by atoms with E-state index in [1.54, 1.807) is 7.11 Å². The van der Waals surface area contributed by atoms with Gasteiger partial charge in [0.25, 0.3) is 0 Å². The van der Waals surface area contributed by atoms with Crippen LogP contribution in [0, 0.1) is 5.92 Å². The molecule has 3 amide bonds. The maximum absolute atomic E-state index is 13.4. The summed E-state index contributed by atoms with van der Waals surface area (Å²) in [6, 6.07) is 7.87. The molecule has 4 rings (SSSR count). The van der Waals surface area contributed by atoms with Crippen LogP contribution in [0.1, 0.15) is 58.3 Å². The van der Waals surface area contributed by atoms with E-state index in [-0.39, 0.29) is 18.0 Å². The molecule has 200 valence electrons. The number of hydrogen-bond donors (Lipinski definition) is 2. The van der Waals surface area contributed by atoms with E-state index >= 15 is 0 Å². The second-order valence-corrected chi connectivity index (χ2v) is 10.7. The molecule has 36 heavy (non-hydrogen) atoms. The number of rotatable bonds is 9. The van der Waals surface area contributed by atoms with Gasteiger partial charge >= 0.3 is 6.03 Å². The van der Waals surface area contributed by atoms with Gasteiger partial charge in [-0.2, -0.15) is 0 Å². The minimum Gasteiger partial charge on any atom is -0.497 e. The standard InChI is InChI=1S/C28H45N5O3/c1-22-8-5-6-16-31(22)17-7-15-29-27(34)26(23-9-3-4-10-23)32-18-20-33(21-19-32)28(35)30-24-11-13-25(36-2)14-12-24/h11-14,22-23,26H,3-10,15-21H2,1-2H3,(H,29,34)(H,30,35). The van der Waals surface area contributed by atoms with Crippen molar-refractivity contribution in [2.24, 2.45) is 5.92 Å². The average molecular weight is 500 g/mol. The number of amides is 3. The van der Waals surface area contributed by atoms with E-state index in [0.29, 0.717) is 25.0 Å². The zero-order valence-electron chi connectivity index (χ0n) is 22.2. The van der Waals surface area contributed by atoms with Gasteiger partial charge in [-0.25, -0.2) is 4.79 Å². The third-order valence-corrected chi connectivity index (χ3v) is 8.31. The molecule has 1 aromatic carbocycles. The van der Waals surface area contributed by atoms with E-state index in [1.165, 1.54) is 38.6 Å². The van der Waals surface area contributed by atoms with E-state index in [0.717, 1.165) is 56.9 Å². The van der Waals surface area contributed by atoms with Crippen molar-refractivity contribution < 1.29 is 14.3 Å². The Balaban J connectivity index is 1.25. The van der Waals surface area contributed by atoms with Crippen LogP contribution in [0.5, 0.6) is 5.75 Å². The highest BCUT2D eigenvalue weighted by Gasteiger charge is 2.37. The van der Waals surface area contributed by atoms with Crippen molar-refractivity contribution in [1.82, 2.24) is 20.0 Å². The lowest BCUT2D eigenvalue weighted by atomic mass is 9.95. The molecule has 2 N–H and O–H groups in total. The summed E-state index contributed by atoms with van der Waals surface area (Å²) in [6.45, 7) is 8.05. The Morgan fingerprint density at radius 3 is 2.33 bits per heavy atom. The third kappa shape index (κ3) is 7.13. The van der Waals surface area contributed by atoms with Crippen LogP contribution in [0.25, 0.3) is 0 Å². The Bertz CT molecular complexity index is 834. The number of likely N-dealkylation sites (tertiary alicyclic amines) is 1. The molecule has 2 unspecified atom stereocenters. The molecule has 1 saturated carbocycles. The summed E-state index contributed by atoms with van der Waals surface area (Å²) in [5, 5.41) is 6.26.